The van der Waals surface area contributed by atoms with Crippen molar-refractivity contribution in [2.24, 2.45) is 5.92 Å². The summed E-state index contributed by atoms with van der Waals surface area (Å²) >= 11 is 0. The number of piperidine rings is 1. The van der Waals surface area contributed by atoms with Crippen LogP contribution in [-0.4, -0.2) is 48.3 Å². The van der Waals surface area contributed by atoms with Crippen LogP contribution in [-0.2, 0) is 4.74 Å². The lowest BCUT2D eigenvalue weighted by molar-refractivity contribution is 0.0563. The molecule has 134 valence electrons. The number of oxazole rings is 1. The lowest BCUT2D eigenvalue weighted by atomic mass is 9.93. The van der Waals surface area contributed by atoms with Crippen molar-refractivity contribution >= 4 is 5.69 Å². The Bertz CT molecular complexity index is 667. The summed E-state index contributed by atoms with van der Waals surface area (Å²) in [6, 6.07) is 8.83. The number of anilines is 1. The molecule has 0 spiro atoms. The van der Waals surface area contributed by atoms with Gasteiger partial charge in [0.2, 0.25) is 5.89 Å². The highest BCUT2D eigenvalue weighted by Gasteiger charge is 2.28. The van der Waals surface area contributed by atoms with Gasteiger partial charge >= 0.3 is 0 Å². The van der Waals surface area contributed by atoms with Crippen LogP contribution in [0, 0.1) is 5.92 Å². The normalized spacial score (nSPS) is 27.5. The zero-order valence-electron chi connectivity index (χ0n) is 14.9. The van der Waals surface area contributed by atoms with Gasteiger partial charge in [-0.05, 0) is 43.4 Å². The third-order valence-corrected chi connectivity index (χ3v) is 5.37. The Balaban J connectivity index is 1.35. The number of likely N-dealkylation sites (tertiary alicyclic amines) is 1. The van der Waals surface area contributed by atoms with E-state index in [2.05, 4.69) is 40.3 Å². The highest BCUT2D eigenvalue weighted by molar-refractivity contribution is 5.61. The molecule has 0 amide bonds. The van der Waals surface area contributed by atoms with E-state index in [9.17, 15) is 0 Å². The first kappa shape index (κ1) is 16.6. The van der Waals surface area contributed by atoms with Gasteiger partial charge in [0, 0.05) is 43.5 Å². The molecular weight excluding hydrogens is 314 g/mol. The average Bonchev–Trinajstić information content (AvgIpc) is 3.31. The van der Waals surface area contributed by atoms with Crippen LogP contribution >= 0.6 is 0 Å². The molecule has 2 aromatic rings. The quantitative estimate of drug-likeness (QED) is 0.900. The van der Waals surface area contributed by atoms with Gasteiger partial charge in [0.15, 0.2) is 0 Å². The molecule has 1 aromatic carbocycles. The first-order valence-electron chi connectivity index (χ1n) is 9.38. The van der Waals surface area contributed by atoms with Crippen molar-refractivity contribution in [3.8, 4) is 11.5 Å². The van der Waals surface area contributed by atoms with Crippen molar-refractivity contribution in [2.75, 3.05) is 31.6 Å². The van der Waals surface area contributed by atoms with Crippen LogP contribution in [0.25, 0.3) is 11.5 Å². The van der Waals surface area contributed by atoms with E-state index in [0.29, 0.717) is 24.0 Å². The Morgan fingerprint density at radius 2 is 2.28 bits per heavy atom. The molecule has 0 aliphatic carbocycles. The number of nitrogens with one attached hydrogen (secondary N) is 1. The van der Waals surface area contributed by atoms with Crippen LogP contribution in [0.4, 0.5) is 5.69 Å². The summed E-state index contributed by atoms with van der Waals surface area (Å²) in [7, 11) is 0. The maximum absolute atomic E-state index is 5.79. The molecule has 0 bridgehead atoms. The number of rotatable bonds is 5. The Labute approximate surface area is 149 Å². The Morgan fingerprint density at radius 1 is 1.32 bits per heavy atom. The van der Waals surface area contributed by atoms with Gasteiger partial charge in [-0.2, -0.15) is 0 Å². The van der Waals surface area contributed by atoms with Gasteiger partial charge < -0.3 is 19.4 Å². The molecule has 0 unspecified atom stereocenters. The number of aromatic nitrogens is 1. The van der Waals surface area contributed by atoms with Gasteiger partial charge in [0.25, 0.3) is 0 Å². The predicted octanol–water partition coefficient (Wildman–Crippen LogP) is 3.64. The second-order valence-corrected chi connectivity index (χ2v) is 7.33. The molecule has 2 aliphatic heterocycles. The smallest absolute Gasteiger partial charge is 0.225 e. The lowest BCUT2D eigenvalue weighted by Gasteiger charge is -2.38. The van der Waals surface area contributed by atoms with Gasteiger partial charge in [-0.25, -0.2) is 4.98 Å². The SMILES string of the molecule is C[C@@H]1CN(C[C@H]2CCCO2)CC[C@H]1Nc1cccc(-c2ncco2)c1. The van der Waals surface area contributed by atoms with Crippen LogP contribution in [0.15, 0.2) is 41.1 Å². The minimum absolute atomic E-state index is 0.453. The van der Waals surface area contributed by atoms with Crippen LogP contribution in [0.3, 0.4) is 0 Å². The summed E-state index contributed by atoms with van der Waals surface area (Å²) in [5, 5.41) is 3.72. The summed E-state index contributed by atoms with van der Waals surface area (Å²) in [6.45, 7) is 6.66. The summed E-state index contributed by atoms with van der Waals surface area (Å²) in [4.78, 5) is 6.81. The Morgan fingerprint density at radius 3 is 3.04 bits per heavy atom. The van der Waals surface area contributed by atoms with Gasteiger partial charge in [-0.15, -0.1) is 0 Å². The fourth-order valence-corrected chi connectivity index (χ4v) is 4.01. The fourth-order valence-electron chi connectivity index (χ4n) is 4.01. The topological polar surface area (TPSA) is 50.5 Å². The van der Waals surface area contributed by atoms with Crippen molar-refractivity contribution in [3.63, 3.8) is 0 Å². The standard InChI is InChI=1S/C20H27N3O2/c1-15-13-23(14-18-6-3-10-24-18)9-7-19(15)22-17-5-2-4-16(12-17)20-21-8-11-25-20/h2,4-5,8,11-12,15,18-19,22H,3,6-7,9-10,13-14H2,1H3/t15-,18-,19-/m1/s1. The molecule has 5 heteroatoms. The average molecular weight is 341 g/mol. The number of benzene rings is 1. The third kappa shape index (κ3) is 4.05. The number of nitrogens with zero attached hydrogens (tertiary/aromatic N) is 2. The molecule has 2 fully saturated rings. The van der Waals surface area contributed by atoms with E-state index in [4.69, 9.17) is 9.15 Å². The van der Waals surface area contributed by atoms with Crippen molar-refractivity contribution in [3.05, 3.63) is 36.7 Å². The van der Waals surface area contributed by atoms with E-state index in [1.165, 1.54) is 12.8 Å². The molecule has 1 aromatic heterocycles. The van der Waals surface area contributed by atoms with Gasteiger partial charge in [0.1, 0.15) is 6.26 Å². The molecule has 1 N–H and O–H groups in total. The molecule has 0 radical (unpaired) electrons. The van der Waals surface area contributed by atoms with Gasteiger partial charge in [-0.1, -0.05) is 13.0 Å². The summed E-state index contributed by atoms with van der Waals surface area (Å²) < 4.78 is 11.2. The molecule has 2 aliphatic rings. The summed E-state index contributed by atoms with van der Waals surface area (Å²) in [5.41, 5.74) is 2.15. The highest BCUT2D eigenvalue weighted by Crippen LogP contribution is 2.26. The van der Waals surface area contributed by atoms with E-state index < -0.39 is 0 Å². The van der Waals surface area contributed by atoms with Crippen molar-refractivity contribution in [1.82, 2.24) is 9.88 Å². The minimum Gasteiger partial charge on any atom is -0.445 e. The zero-order chi connectivity index (χ0) is 17.1. The third-order valence-electron chi connectivity index (χ3n) is 5.37. The molecule has 4 rings (SSSR count). The summed E-state index contributed by atoms with van der Waals surface area (Å²) in [6.07, 6.45) is 7.35. The second kappa shape index (κ2) is 7.58. The van der Waals surface area contributed by atoms with Crippen molar-refractivity contribution < 1.29 is 9.15 Å². The molecule has 3 atom stereocenters. The monoisotopic (exact) mass is 341 g/mol. The number of hydrogen-bond acceptors (Lipinski definition) is 5. The molecular formula is C20H27N3O2. The molecule has 3 heterocycles. The first-order valence-corrected chi connectivity index (χ1v) is 9.38. The van der Waals surface area contributed by atoms with Crippen LogP contribution in [0.2, 0.25) is 0 Å². The molecule has 25 heavy (non-hydrogen) atoms. The summed E-state index contributed by atoms with van der Waals surface area (Å²) in [5.74, 6) is 1.28. The van der Waals surface area contributed by atoms with Crippen LogP contribution in [0.5, 0.6) is 0 Å². The molecule has 5 nitrogen and oxygen atoms in total. The van der Waals surface area contributed by atoms with Crippen molar-refractivity contribution in [2.45, 2.75) is 38.3 Å². The maximum atomic E-state index is 5.79. The van der Waals surface area contributed by atoms with Crippen LogP contribution < -0.4 is 5.32 Å². The van der Waals surface area contributed by atoms with Crippen molar-refractivity contribution in [1.29, 1.82) is 0 Å². The minimum atomic E-state index is 0.453. The van der Waals surface area contributed by atoms with E-state index in [0.717, 1.165) is 43.9 Å². The second-order valence-electron chi connectivity index (χ2n) is 7.33. The van der Waals surface area contributed by atoms with Gasteiger partial charge in [0.05, 0.1) is 12.3 Å². The highest BCUT2D eigenvalue weighted by atomic mass is 16.5. The molecule has 0 saturated carbocycles. The fraction of sp³-hybridized carbons (Fsp3) is 0.550. The van der Waals surface area contributed by atoms with Gasteiger partial charge in [-0.3, -0.25) is 0 Å². The lowest BCUT2D eigenvalue weighted by Crippen LogP contribution is -2.47. The zero-order valence-corrected chi connectivity index (χ0v) is 14.9. The Kier molecular flexibility index (Phi) is 5.04. The first-order chi connectivity index (χ1) is 12.3. The van der Waals surface area contributed by atoms with E-state index >= 15 is 0 Å². The predicted molar refractivity (Wildman–Crippen MR) is 98.5 cm³/mol. The largest absolute Gasteiger partial charge is 0.445 e. The Hall–Kier alpha value is -1.85. The van der Waals surface area contributed by atoms with E-state index in [1.807, 2.05) is 6.07 Å². The van der Waals surface area contributed by atoms with E-state index in [-0.39, 0.29) is 0 Å². The molecule has 2 saturated heterocycles. The maximum Gasteiger partial charge on any atom is 0.225 e. The number of hydrogen-bond donors (Lipinski definition) is 1. The number of ether oxygens (including phenoxy) is 1. The van der Waals surface area contributed by atoms with E-state index in [1.54, 1.807) is 12.5 Å². The van der Waals surface area contributed by atoms with Crippen LogP contribution in [0.1, 0.15) is 26.2 Å².